The molecule has 0 saturated carbocycles. The van der Waals surface area contributed by atoms with Crippen LogP contribution < -0.4 is 5.43 Å². The molecule has 0 amide bonds. The molecule has 2 N–H and O–H groups in total. The molecule has 1 heterocycles. The average molecular weight is 199 g/mol. The zero-order valence-corrected chi connectivity index (χ0v) is 7.21. The first-order valence-corrected chi connectivity index (χ1v) is 3.85. The quantitative estimate of drug-likeness (QED) is 0.303. The molecule has 7 nitrogen and oxygen atoms in total. The third-order valence-electron chi connectivity index (χ3n) is 1.30. The van der Waals surface area contributed by atoms with E-state index in [1.165, 1.54) is 18.3 Å². The summed E-state index contributed by atoms with van der Waals surface area (Å²) >= 11 is 0. The lowest BCUT2D eigenvalue weighted by molar-refractivity contribution is -0.402. The smallest absolute Gasteiger partial charge is 0.400 e. The van der Waals surface area contributed by atoms with Gasteiger partial charge in [0.15, 0.2) is 5.76 Å². The van der Waals surface area contributed by atoms with Gasteiger partial charge in [-0.25, -0.2) is 0 Å². The van der Waals surface area contributed by atoms with E-state index in [-0.39, 0.29) is 18.3 Å². The van der Waals surface area contributed by atoms with Crippen LogP contribution in [0, 0.1) is 10.1 Å². The normalized spacial score (nSPS) is 10.6. The molecular weight excluding hydrogens is 190 g/mol. The van der Waals surface area contributed by atoms with E-state index in [1.807, 2.05) is 0 Å². The fourth-order valence-electron chi connectivity index (χ4n) is 0.734. The largest absolute Gasteiger partial charge is 0.433 e. The molecule has 0 aliphatic rings. The molecule has 0 atom stereocenters. The van der Waals surface area contributed by atoms with Crippen LogP contribution >= 0.6 is 0 Å². The van der Waals surface area contributed by atoms with E-state index in [4.69, 9.17) is 9.52 Å². The molecule has 0 fully saturated rings. The second-order valence-electron chi connectivity index (χ2n) is 2.32. The lowest BCUT2D eigenvalue weighted by atomic mass is 10.5. The minimum Gasteiger partial charge on any atom is -0.400 e. The summed E-state index contributed by atoms with van der Waals surface area (Å²) in [6.45, 7) is 0.287. The number of aliphatic hydroxyl groups is 1. The van der Waals surface area contributed by atoms with Crippen molar-refractivity contribution in [3.63, 3.8) is 0 Å². The van der Waals surface area contributed by atoms with Crippen LogP contribution in [0.25, 0.3) is 0 Å². The predicted molar refractivity (Wildman–Crippen MR) is 48.0 cm³/mol. The number of rotatable bonds is 5. The maximum atomic E-state index is 10.2. The van der Waals surface area contributed by atoms with Gasteiger partial charge in [0.1, 0.15) is 4.92 Å². The first-order valence-electron chi connectivity index (χ1n) is 3.85. The third-order valence-corrected chi connectivity index (χ3v) is 1.30. The van der Waals surface area contributed by atoms with Crippen molar-refractivity contribution in [3.8, 4) is 0 Å². The van der Waals surface area contributed by atoms with Crippen molar-refractivity contribution in [2.75, 3.05) is 13.2 Å². The van der Waals surface area contributed by atoms with E-state index < -0.39 is 4.92 Å². The standard InChI is InChI=1S/C7H9N3O4/c11-4-3-8-9-5-6-1-2-7(14-6)10(12)13/h1-2,5,8,11H,3-4H2/b9-5+. The summed E-state index contributed by atoms with van der Waals surface area (Å²) in [6.07, 6.45) is 1.29. The number of hydrazone groups is 1. The molecule has 0 aliphatic heterocycles. The summed E-state index contributed by atoms with van der Waals surface area (Å²) in [5, 5.41) is 22.3. The molecule has 1 aromatic rings. The Balaban J connectivity index is 2.51. The van der Waals surface area contributed by atoms with E-state index in [1.54, 1.807) is 0 Å². The lowest BCUT2D eigenvalue weighted by Crippen LogP contribution is -2.10. The van der Waals surface area contributed by atoms with E-state index in [9.17, 15) is 10.1 Å². The maximum Gasteiger partial charge on any atom is 0.433 e. The van der Waals surface area contributed by atoms with Crippen molar-refractivity contribution in [3.05, 3.63) is 28.0 Å². The van der Waals surface area contributed by atoms with Gasteiger partial charge in [-0.15, -0.1) is 0 Å². The number of hydrogen-bond acceptors (Lipinski definition) is 6. The monoisotopic (exact) mass is 199 g/mol. The molecule has 1 rings (SSSR count). The summed E-state index contributed by atoms with van der Waals surface area (Å²) < 4.78 is 4.77. The van der Waals surface area contributed by atoms with Crippen molar-refractivity contribution >= 4 is 12.1 Å². The van der Waals surface area contributed by atoms with Gasteiger partial charge in [0.25, 0.3) is 0 Å². The van der Waals surface area contributed by atoms with Crippen molar-refractivity contribution in [2.45, 2.75) is 0 Å². The van der Waals surface area contributed by atoms with Gasteiger partial charge in [-0.1, -0.05) is 0 Å². The fraction of sp³-hybridized carbons (Fsp3) is 0.286. The van der Waals surface area contributed by atoms with Crippen LogP contribution in [0.5, 0.6) is 0 Å². The molecule has 0 bridgehead atoms. The number of hydrogen-bond donors (Lipinski definition) is 2. The van der Waals surface area contributed by atoms with Gasteiger partial charge in [-0.3, -0.25) is 10.1 Å². The Morgan fingerprint density at radius 1 is 1.71 bits per heavy atom. The summed E-state index contributed by atoms with van der Waals surface area (Å²) in [7, 11) is 0. The van der Waals surface area contributed by atoms with Gasteiger partial charge in [-0.05, 0) is 6.07 Å². The minimum atomic E-state index is -0.626. The van der Waals surface area contributed by atoms with E-state index in [0.717, 1.165) is 0 Å². The molecule has 0 unspecified atom stereocenters. The molecule has 0 radical (unpaired) electrons. The highest BCUT2D eigenvalue weighted by Crippen LogP contribution is 2.13. The number of nitro groups is 1. The highest BCUT2D eigenvalue weighted by atomic mass is 16.6. The number of aliphatic hydroxyl groups excluding tert-OH is 1. The van der Waals surface area contributed by atoms with Crippen molar-refractivity contribution in [2.24, 2.45) is 5.10 Å². The SMILES string of the molecule is O=[N+]([O-])c1ccc(/C=N/NCCO)o1. The molecule has 7 heteroatoms. The molecule has 0 aromatic carbocycles. The summed E-state index contributed by atoms with van der Waals surface area (Å²) in [4.78, 5) is 9.58. The van der Waals surface area contributed by atoms with E-state index >= 15 is 0 Å². The Morgan fingerprint density at radius 3 is 3.07 bits per heavy atom. The van der Waals surface area contributed by atoms with Gasteiger partial charge < -0.3 is 14.9 Å². The molecule has 0 aliphatic carbocycles. The highest BCUT2D eigenvalue weighted by Gasteiger charge is 2.09. The Morgan fingerprint density at radius 2 is 2.50 bits per heavy atom. The first-order chi connectivity index (χ1) is 6.74. The highest BCUT2D eigenvalue weighted by molar-refractivity contribution is 5.75. The van der Waals surface area contributed by atoms with Gasteiger partial charge in [0, 0.05) is 0 Å². The molecule has 14 heavy (non-hydrogen) atoms. The number of nitrogens with one attached hydrogen (secondary N) is 1. The van der Waals surface area contributed by atoms with Gasteiger partial charge in [-0.2, -0.15) is 5.10 Å². The van der Waals surface area contributed by atoms with Crippen LogP contribution in [0.2, 0.25) is 0 Å². The van der Waals surface area contributed by atoms with Crippen LogP contribution in [0.15, 0.2) is 21.7 Å². The number of furan rings is 1. The van der Waals surface area contributed by atoms with Crippen molar-refractivity contribution in [1.82, 2.24) is 5.43 Å². The van der Waals surface area contributed by atoms with Gasteiger partial charge in [0.05, 0.1) is 25.4 Å². The van der Waals surface area contributed by atoms with Crippen molar-refractivity contribution < 1.29 is 14.4 Å². The molecule has 0 saturated heterocycles. The first kappa shape index (κ1) is 10.2. The second-order valence-corrected chi connectivity index (χ2v) is 2.32. The van der Waals surface area contributed by atoms with E-state index in [2.05, 4.69) is 10.5 Å². The van der Waals surface area contributed by atoms with Crippen molar-refractivity contribution in [1.29, 1.82) is 0 Å². The summed E-state index contributed by atoms with van der Waals surface area (Å²) in [6, 6.07) is 2.68. The Labute approximate surface area is 79.2 Å². The predicted octanol–water partition coefficient (Wildman–Crippen LogP) is 0.104. The average Bonchev–Trinajstić information content (AvgIpc) is 2.61. The zero-order valence-electron chi connectivity index (χ0n) is 7.21. The maximum absolute atomic E-state index is 10.2. The van der Waals surface area contributed by atoms with Crippen LogP contribution in [0.4, 0.5) is 5.88 Å². The number of nitrogens with zero attached hydrogens (tertiary/aromatic N) is 2. The summed E-state index contributed by atoms with van der Waals surface area (Å²) in [5.74, 6) is -0.0456. The second kappa shape index (κ2) is 4.97. The zero-order chi connectivity index (χ0) is 10.4. The fourth-order valence-corrected chi connectivity index (χ4v) is 0.734. The van der Waals surface area contributed by atoms with Crippen LogP contribution in [-0.4, -0.2) is 29.4 Å². The Hall–Kier alpha value is -1.89. The third kappa shape index (κ3) is 2.87. The molecule has 0 spiro atoms. The lowest BCUT2D eigenvalue weighted by Gasteiger charge is -1.92. The topological polar surface area (TPSA) is 101 Å². The Kier molecular flexibility index (Phi) is 3.62. The van der Waals surface area contributed by atoms with Gasteiger partial charge >= 0.3 is 5.88 Å². The molecule has 1 aromatic heterocycles. The van der Waals surface area contributed by atoms with Crippen LogP contribution in [0.3, 0.4) is 0 Å². The molecule has 76 valence electrons. The minimum absolute atomic E-state index is 0.0321. The van der Waals surface area contributed by atoms with Crippen LogP contribution in [0.1, 0.15) is 5.76 Å². The van der Waals surface area contributed by atoms with Gasteiger partial charge in [0.2, 0.25) is 0 Å². The summed E-state index contributed by atoms with van der Waals surface area (Å²) in [5.41, 5.74) is 2.51. The van der Waals surface area contributed by atoms with Crippen LogP contribution in [-0.2, 0) is 0 Å². The molecular formula is C7H9N3O4. The van der Waals surface area contributed by atoms with E-state index in [0.29, 0.717) is 6.54 Å². The Bertz CT molecular complexity index is 333.